The smallest absolute Gasteiger partial charge is 0.337 e. The van der Waals surface area contributed by atoms with E-state index in [9.17, 15) is 25.0 Å². The zero-order valence-electron chi connectivity index (χ0n) is 16.4. The number of non-ortho nitro benzene ring substituents is 1. The van der Waals surface area contributed by atoms with E-state index in [1.807, 2.05) is 0 Å². The number of thiophene rings is 1. The van der Waals surface area contributed by atoms with E-state index in [1.54, 1.807) is 38.3 Å². The molecule has 9 nitrogen and oxygen atoms in total. The summed E-state index contributed by atoms with van der Waals surface area (Å²) in [5.74, 6) is -1.85. The van der Waals surface area contributed by atoms with Gasteiger partial charge in [0.1, 0.15) is 11.6 Å². The average molecular weight is 429 g/mol. The highest BCUT2D eigenvalue weighted by atomic mass is 32.1. The number of esters is 1. The molecule has 1 atom stereocenters. The van der Waals surface area contributed by atoms with Crippen molar-refractivity contribution in [3.63, 3.8) is 0 Å². The van der Waals surface area contributed by atoms with Crippen molar-refractivity contribution in [3.05, 3.63) is 89.4 Å². The largest absolute Gasteiger partial charge is 0.460 e. The van der Waals surface area contributed by atoms with Crippen LogP contribution in [0.4, 0.5) is 5.69 Å². The highest BCUT2D eigenvalue weighted by Gasteiger charge is 2.43. The van der Waals surface area contributed by atoms with Crippen molar-refractivity contribution in [2.24, 2.45) is 0 Å². The molecule has 0 saturated heterocycles. The quantitative estimate of drug-likeness (QED) is 0.414. The van der Waals surface area contributed by atoms with Crippen molar-refractivity contribution in [3.8, 4) is 0 Å². The van der Waals surface area contributed by atoms with Crippen LogP contribution in [-0.4, -0.2) is 21.9 Å². The first kappa shape index (κ1) is 21.2. The zero-order valence-corrected chi connectivity index (χ0v) is 17.3. The predicted octanol–water partition coefficient (Wildman–Crippen LogP) is 4.21. The Morgan fingerprint density at radius 1 is 1.17 bits per heavy atom. The van der Waals surface area contributed by atoms with Crippen LogP contribution < -0.4 is 5.32 Å². The normalized spacial score (nSPS) is 16.5. The third-order valence-corrected chi connectivity index (χ3v) is 5.36. The standard InChI is InChI=1S/C20H19N3O6S/c1-11(2)29-20(24)16-12(3)21-18(15-8-5-9-30-15)19(23(27)28)17(16)13-6-4-7-14(10-13)22(25)26/h4-11,17,21H,1-3H3. The van der Waals surface area contributed by atoms with Gasteiger partial charge in [-0.15, -0.1) is 11.3 Å². The first-order valence-corrected chi connectivity index (χ1v) is 9.94. The van der Waals surface area contributed by atoms with Gasteiger partial charge in [0.05, 0.1) is 26.4 Å². The van der Waals surface area contributed by atoms with E-state index < -0.39 is 27.8 Å². The Hall–Kier alpha value is -3.53. The van der Waals surface area contributed by atoms with Gasteiger partial charge in [-0.05, 0) is 37.8 Å². The maximum atomic E-state index is 12.9. The number of nitro benzene ring substituents is 1. The second-order valence-electron chi connectivity index (χ2n) is 6.90. The molecule has 0 fully saturated rings. The van der Waals surface area contributed by atoms with Crippen molar-refractivity contribution in [1.29, 1.82) is 0 Å². The van der Waals surface area contributed by atoms with Gasteiger partial charge in [0.15, 0.2) is 0 Å². The summed E-state index contributed by atoms with van der Waals surface area (Å²) in [6.07, 6.45) is -0.440. The SMILES string of the molecule is CC1=C(C(=O)OC(C)C)C(c2cccc([N+](=O)[O-])c2)C([N+](=O)[O-])=C(c2cccs2)N1. The van der Waals surface area contributed by atoms with Gasteiger partial charge in [-0.25, -0.2) is 4.79 Å². The minimum atomic E-state index is -1.13. The van der Waals surface area contributed by atoms with Crippen LogP contribution in [0.2, 0.25) is 0 Å². The number of carbonyl (C=O) groups excluding carboxylic acids is 1. The number of nitrogens with zero attached hydrogens (tertiary/aromatic N) is 2. The topological polar surface area (TPSA) is 125 Å². The minimum Gasteiger partial charge on any atom is -0.460 e. The van der Waals surface area contributed by atoms with Crippen LogP contribution >= 0.6 is 11.3 Å². The Morgan fingerprint density at radius 2 is 1.90 bits per heavy atom. The first-order chi connectivity index (χ1) is 14.2. The van der Waals surface area contributed by atoms with Crippen molar-refractivity contribution in [2.45, 2.75) is 32.8 Å². The summed E-state index contributed by atoms with van der Waals surface area (Å²) in [5.41, 5.74) is 0.480. The third-order valence-electron chi connectivity index (χ3n) is 4.48. The molecule has 1 aromatic heterocycles. The van der Waals surface area contributed by atoms with Crippen LogP contribution in [0.3, 0.4) is 0 Å². The molecule has 30 heavy (non-hydrogen) atoms. The molecule has 156 valence electrons. The van der Waals surface area contributed by atoms with E-state index in [1.165, 1.54) is 35.6 Å². The van der Waals surface area contributed by atoms with Crippen molar-refractivity contribution >= 4 is 28.7 Å². The van der Waals surface area contributed by atoms with Crippen LogP contribution in [0.25, 0.3) is 5.70 Å². The molecule has 1 unspecified atom stereocenters. The van der Waals surface area contributed by atoms with Crippen molar-refractivity contribution in [1.82, 2.24) is 5.32 Å². The van der Waals surface area contributed by atoms with Gasteiger partial charge in [-0.1, -0.05) is 18.2 Å². The molecule has 2 heterocycles. The fourth-order valence-electron chi connectivity index (χ4n) is 3.31. The maximum absolute atomic E-state index is 12.9. The van der Waals surface area contributed by atoms with E-state index in [0.29, 0.717) is 10.6 Å². The molecule has 1 aliphatic heterocycles. The van der Waals surface area contributed by atoms with Gasteiger partial charge < -0.3 is 10.1 Å². The summed E-state index contributed by atoms with van der Waals surface area (Å²) in [6, 6.07) is 9.01. The summed E-state index contributed by atoms with van der Waals surface area (Å²) in [5, 5.41) is 28.2. The molecule has 0 radical (unpaired) electrons. The Labute approximate surface area is 176 Å². The zero-order chi connectivity index (χ0) is 22.0. The lowest BCUT2D eigenvalue weighted by Crippen LogP contribution is -2.32. The number of dihydropyridines is 1. The van der Waals surface area contributed by atoms with Crippen molar-refractivity contribution in [2.75, 3.05) is 0 Å². The highest BCUT2D eigenvalue weighted by molar-refractivity contribution is 7.11. The van der Waals surface area contributed by atoms with Gasteiger partial charge in [0, 0.05) is 17.8 Å². The highest BCUT2D eigenvalue weighted by Crippen LogP contribution is 2.42. The Kier molecular flexibility index (Phi) is 5.97. The minimum absolute atomic E-state index is 0.0520. The molecule has 0 aliphatic carbocycles. The second-order valence-corrected chi connectivity index (χ2v) is 7.85. The Morgan fingerprint density at radius 3 is 2.47 bits per heavy atom. The number of ether oxygens (including phenoxy) is 1. The predicted molar refractivity (Wildman–Crippen MR) is 111 cm³/mol. The van der Waals surface area contributed by atoms with E-state index >= 15 is 0 Å². The number of hydrogen-bond acceptors (Lipinski definition) is 8. The first-order valence-electron chi connectivity index (χ1n) is 9.06. The lowest BCUT2D eigenvalue weighted by Gasteiger charge is -2.27. The number of carbonyl (C=O) groups is 1. The van der Waals surface area contributed by atoms with Gasteiger partial charge in [0.25, 0.3) is 11.4 Å². The number of hydrogen-bond donors (Lipinski definition) is 1. The van der Waals surface area contributed by atoms with Crippen LogP contribution in [-0.2, 0) is 9.53 Å². The average Bonchev–Trinajstić information content (AvgIpc) is 3.20. The monoisotopic (exact) mass is 429 g/mol. The number of rotatable bonds is 6. The second kappa shape index (κ2) is 8.46. The summed E-state index contributed by atoms with van der Waals surface area (Å²) in [4.78, 5) is 35.8. The molecular weight excluding hydrogens is 410 g/mol. The molecular formula is C20H19N3O6S. The number of nitrogens with one attached hydrogen (secondary N) is 1. The summed E-state index contributed by atoms with van der Waals surface area (Å²) >= 11 is 1.31. The molecule has 1 aliphatic rings. The number of allylic oxidation sites excluding steroid dienone is 2. The fourth-order valence-corrected chi connectivity index (χ4v) is 4.05. The van der Waals surface area contributed by atoms with Gasteiger partial charge >= 0.3 is 5.97 Å². The van der Waals surface area contributed by atoms with E-state index in [-0.39, 0.29) is 28.2 Å². The lowest BCUT2D eigenvalue weighted by atomic mass is 9.83. The van der Waals surface area contributed by atoms with Crippen molar-refractivity contribution < 1.29 is 19.4 Å². The summed E-state index contributed by atoms with van der Waals surface area (Å²) in [6.45, 7) is 4.98. The molecule has 0 saturated carbocycles. The Bertz CT molecular complexity index is 1070. The van der Waals surface area contributed by atoms with E-state index in [4.69, 9.17) is 4.74 Å². The fraction of sp³-hybridized carbons (Fsp3) is 0.250. The maximum Gasteiger partial charge on any atom is 0.337 e. The van der Waals surface area contributed by atoms with Crippen LogP contribution in [0.15, 0.2) is 58.7 Å². The number of nitro groups is 2. The molecule has 0 amide bonds. The molecule has 1 N–H and O–H groups in total. The third kappa shape index (κ3) is 4.08. The molecule has 10 heteroatoms. The lowest BCUT2D eigenvalue weighted by molar-refractivity contribution is -0.428. The molecule has 3 rings (SSSR count). The molecule has 0 spiro atoms. The summed E-state index contributed by atoms with van der Waals surface area (Å²) < 4.78 is 5.33. The van der Waals surface area contributed by atoms with Gasteiger partial charge in [0.2, 0.25) is 0 Å². The summed E-state index contributed by atoms with van der Waals surface area (Å²) in [7, 11) is 0. The number of benzene rings is 1. The van der Waals surface area contributed by atoms with Gasteiger partial charge in [-0.2, -0.15) is 0 Å². The molecule has 1 aromatic carbocycles. The molecule has 2 aromatic rings. The Balaban J connectivity index is 2.28. The van der Waals surface area contributed by atoms with Crippen LogP contribution in [0.5, 0.6) is 0 Å². The van der Waals surface area contributed by atoms with Crippen LogP contribution in [0.1, 0.15) is 37.1 Å². The van der Waals surface area contributed by atoms with Gasteiger partial charge in [-0.3, -0.25) is 20.2 Å². The van der Waals surface area contributed by atoms with E-state index in [0.717, 1.165) is 0 Å². The molecule has 0 bridgehead atoms. The van der Waals surface area contributed by atoms with E-state index in [2.05, 4.69) is 5.32 Å². The van der Waals surface area contributed by atoms with Crippen LogP contribution in [0, 0.1) is 20.2 Å².